The normalized spacial score (nSPS) is 11.0. The Morgan fingerprint density at radius 2 is 0.760 bits per heavy atom. The van der Waals surface area contributed by atoms with E-state index in [1.807, 2.05) is 18.2 Å². The van der Waals surface area contributed by atoms with Crippen LogP contribution in [0.5, 0.6) is 34.5 Å². The number of unbranched alkanes of at least 4 members (excludes halogenated alkanes) is 8. The number of aromatic nitrogens is 3. The summed E-state index contributed by atoms with van der Waals surface area (Å²) in [7, 11) is 0. The van der Waals surface area contributed by atoms with Crippen molar-refractivity contribution in [2.45, 2.75) is 105 Å². The van der Waals surface area contributed by atoms with E-state index in [0.717, 1.165) is 77.0 Å². The average Bonchev–Trinajstić information content (AvgIpc) is 3.12. The Kier molecular flexibility index (Phi) is 16.0. The van der Waals surface area contributed by atoms with E-state index in [1.165, 1.54) is 0 Å². The van der Waals surface area contributed by atoms with Gasteiger partial charge in [0.25, 0.3) is 0 Å². The molecule has 270 valence electrons. The quantitative estimate of drug-likeness (QED) is 0.0736. The molecule has 0 fully saturated rings. The summed E-state index contributed by atoms with van der Waals surface area (Å²) in [6.45, 7) is 10.9. The van der Waals surface area contributed by atoms with E-state index in [4.69, 9.17) is 33.9 Å². The van der Waals surface area contributed by atoms with Crippen LogP contribution in [0.3, 0.4) is 0 Å². The van der Waals surface area contributed by atoms with Gasteiger partial charge in [-0.2, -0.15) is 0 Å². The monoisotopic (exact) mass is 685 g/mol. The smallest absolute Gasteiger partial charge is 0.167 e. The summed E-state index contributed by atoms with van der Waals surface area (Å²) < 4.78 is 24.1. The van der Waals surface area contributed by atoms with E-state index in [0.29, 0.717) is 71.9 Å². The Balaban J connectivity index is 1.76. The third kappa shape index (κ3) is 11.5. The lowest BCUT2D eigenvalue weighted by atomic mass is 10.1. The van der Waals surface area contributed by atoms with Crippen LogP contribution in [0.15, 0.2) is 54.6 Å². The number of nitrogens with zero attached hydrogens (tertiary/aromatic N) is 3. The minimum atomic E-state index is -0.0204. The summed E-state index contributed by atoms with van der Waals surface area (Å²) in [5.74, 6) is 3.24. The van der Waals surface area contributed by atoms with Gasteiger partial charge in [0.15, 0.2) is 17.5 Å². The number of rotatable bonds is 23. The number of benzene rings is 3. The van der Waals surface area contributed by atoms with Crippen molar-refractivity contribution in [1.29, 1.82) is 0 Å². The van der Waals surface area contributed by atoms with Crippen LogP contribution in [-0.2, 0) is 0 Å². The average molecular weight is 686 g/mol. The second-order valence-electron chi connectivity index (χ2n) is 12.5. The fraction of sp³-hybridized carbons (Fsp3) is 0.488. The highest BCUT2D eigenvalue weighted by Crippen LogP contribution is 2.38. The molecule has 0 radical (unpaired) electrons. The van der Waals surface area contributed by atoms with Crippen molar-refractivity contribution in [3.05, 3.63) is 54.6 Å². The minimum absolute atomic E-state index is 0.0204. The third-order valence-electron chi connectivity index (χ3n) is 8.30. The van der Waals surface area contributed by atoms with E-state index in [9.17, 15) is 10.2 Å². The maximum absolute atomic E-state index is 11.2. The first-order valence-electron chi connectivity index (χ1n) is 18.6. The lowest BCUT2D eigenvalue weighted by Crippen LogP contribution is -2.05. The molecule has 0 bridgehead atoms. The van der Waals surface area contributed by atoms with Crippen molar-refractivity contribution in [1.82, 2.24) is 15.0 Å². The Bertz CT molecular complexity index is 1530. The predicted octanol–water partition coefficient (Wildman–Crippen LogP) is 10.6. The summed E-state index contributed by atoms with van der Waals surface area (Å²) in [6, 6.07) is 15.9. The first-order valence-corrected chi connectivity index (χ1v) is 18.6. The van der Waals surface area contributed by atoms with Gasteiger partial charge in [0.1, 0.15) is 34.5 Å². The fourth-order valence-corrected chi connectivity index (χ4v) is 5.37. The van der Waals surface area contributed by atoms with Gasteiger partial charge in [-0.1, -0.05) is 79.1 Å². The lowest BCUT2D eigenvalue weighted by Gasteiger charge is -2.15. The second-order valence-corrected chi connectivity index (χ2v) is 12.5. The van der Waals surface area contributed by atoms with E-state index >= 15 is 0 Å². The number of ether oxygens (including phenoxy) is 4. The highest BCUT2D eigenvalue weighted by Gasteiger charge is 2.20. The molecule has 9 nitrogen and oxygen atoms in total. The highest BCUT2D eigenvalue weighted by molar-refractivity contribution is 5.74. The first-order chi connectivity index (χ1) is 24.5. The Labute approximate surface area is 298 Å². The Hall–Kier alpha value is -4.53. The van der Waals surface area contributed by atoms with E-state index in [-0.39, 0.29) is 23.1 Å². The van der Waals surface area contributed by atoms with Crippen molar-refractivity contribution in [3.63, 3.8) is 0 Å². The Morgan fingerprint density at radius 3 is 1.14 bits per heavy atom. The largest absolute Gasteiger partial charge is 0.507 e. The van der Waals surface area contributed by atoms with Gasteiger partial charge < -0.3 is 29.2 Å². The molecular weight excluding hydrogens is 630 g/mol. The topological polar surface area (TPSA) is 116 Å². The lowest BCUT2D eigenvalue weighted by molar-refractivity contribution is 0.292. The van der Waals surface area contributed by atoms with Crippen LogP contribution in [0.25, 0.3) is 34.2 Å². The van der Waals surface area contributed by atoms with Crippen LogP contribution in [-0.4, -0.2) is 51.6 Å². The zero-order chi connectivity index (χ0) is 35.6. The van der Waals surface area contributed by atoms with Crippen molar-refractivity contribution in [2.75, 3.05) is 26.4 Å². The standard InChI is InChI=1S/C41H55N3O6/c1-5-9-13-23-47-30-17-20-33(36(45)27-30)39-42-40(34-21-18-31(28-37(34)46)48-24-14-10-6-2)44-41(43-39)35-22-19-32(49-25-15-11-7-3)29-38(35)50-26-16-12-8-4/h17-22,27-29,45-46H,5-16,23-26H2,1-4H3. The van der Waals surface area contributed by atoms with Gasteiger partial charge in [-0.15, -0.1) is 0 Å². The molecule has 0 aliphatic heterocycles. The van der Waals surface area contributed by atoms with Crippen LogP contribution in [0.2, 0.25) is 0 Å². The van der Waals surface area contributed by atoms with E-state index < -0.39 is 0 Å². The molecule has 0 aliphatic rings. The second kappa shape index (κ2) is 20.9. The van der Waals surface area contributed by atoms with E-state index in [1.54, 1.807) is 36.4 Å². The number of hydrogen-bond donors (Lipinski definition) is 2. The number of phenolic OH excluding ortho intramolecular Hbond substituents is 2. The van der Waals surface area contributed by atoms with Crippen LogP contribution >= 0.6 is 0 Å². The summed E-state index contributed by atoms with van der Waals surface area (Å²) >= 11 is 0. The first kappa shape index (κ1) is 38.3. The number of phenols is 2. The van der Waals surface area contributed by atoms with Crippen molar-refractivity contribution in [2.24, 2.45) is 0 Å². The molecule has 0 spiro atoms. The SMILES string of the molecule is CCCCCOc1ccc(-c2nc(-c3ccc(OCCCCC)cc3O)nc(-c3ccc(OCCCCC)cc3OCCCCC)n2)c(O)c1. The molecule has 4 rings (SSSR count). The molecule has 0 saturated heterocycles. The number of hydrogen-bond acceptors (Lipinski definition) is 9. The molecule has 0 amide bonds. The van der Waals surface area contributed by atoms with Crippen LogP contribution in [0, 0.1) is 0 Å². The van der Waals surface area contributed by atoms with Crippen LogP contribution in [0.1, 0.15) is 105 Å². The van der Waals surface area contributed by atoms with Gasteiger partial charge in [-0.3, -0.25) is 0 Å². The summed E-state index contributed by atoms with van der Waals surface area (Å²) in [5, 5.41) is 22.3. The van der Waals surface area contributed by atoms with Gasteiger partial charge in [0.05, 0.1) is 43.1 Å². The molecule has 2 N–H and O–H groups in total. The highest BCUT2D eigenvalue weighted by atomic mass is 16.5. The molecular formula is C41H55N3O6. The molecule has 0 aliphatic carbocycles. The summed E-state index contributed by atoms with van der Waals surface area (Å²) in [4.78, 5) is 14.5. The van der Waals surface area contributed by atoms with Gasteiger partial charge in [-0.25, -0.2) is 15.0 Å². The zero-order valence-electron chi connectivity index (χ0n) is 30.4. The summed E-state index contributed by atoms with van der Waals surface area (Å²) in [5.41, 5.74) is 1.47. The van der Waals surface area contributed by atoms with Crippen LogP contribution in [0.4, 0.5) is 0 Å². The zero-order valence-corrected chi connectivity index (χ0v) is 30.4. The van der Waals surface area contributed by atoms with Crippen molar-refractivity contribution in [3.8, 4) is 68.7 Å². The maximum Gasteiger partial charge on any atom is 0.167 e. The molecule has 3 aromatic carbocycles. The molecule has 50 heavy (non-hydrogen) atoms. The molecule has 4 aromatic rings. The van der Waals surface area contributed by atoms with E-state index in [2.05, 4.69) is 27.7 Å². The fourth-order valence-electron chi connectivity index (χ4n) is 5.37. The maximum atomic E-state index is 11.2. The molecule has 0 saturated carbocycles. The van der Waals surface area contributed by atoms with Crippen molar-refractivity contribution < 1.29 is 29.2 Å². The van der Waals surface area contributed by atoms with Gasteiger partial charge in [0.2, 0.25) is 0 Å². The molecule has 0 atom stereocenters. The van der Waals surface area contributed by atoms with Gasteiger partial charge >= 0.3 is 0 Å². The minimum Gasteiger partial charge on any atom is -0.507 e. The number of aromatic hydroxyl groups is 2. The predicted molar refractivity (Wildman–Crippen MR) is 200 cm³/mol. The molecule has 0 unspecified atom stereocenters. The van der Waals surface area contributed by atoms with Crippen molar-refractivity contribution >= 4 is 0 Å². The Morgan fingerprint density at radius 1 is 0.420 bits per heavy atom. The van der Waals surface area contributed by atoms with Gasteiger partial charge in [-0.05, 0) is 62.1 Å². The summed E-state index contributed by atoms with van der Waals surface area (Å²) in [6.07, 6.45) is 12.5. The van der Waals surface area contributed by atoms with Crippen LogP contribution < -0.4 is 18.9 Å². The van der Waals surface area contributed by atoms with Gasteiger partial charge in [0, 0.05) is 18.2 Å². The molecule has 1 aromatic heterocycles. The molecule has 1 heterocycles. The third-order valence-corrected chi connectivity index (χ3v) is 8.30. The molecule has 9 heteroatoms.